The quantitative estimate of drug-likeness (QED) is 0.454. The van der Waals surface area contributed by atoms with E-state index >= 15 is 0 Å². The number of hydrogen-bond acceptors (Lipinski definition) is 6. The van der Waals surface area contributed by atoms with Crippen LogP contribution in [0.4, 0.5) is 5.69 Å². The maximum atomic E-state index is 12.9. The lowest BCUT2D eigenvalue weighted by molar-refractivity contribution is 0.0695. The van der Waals surface area contributed by atoms with Crippen LogP contribution in [0.25, 0.3) is 5.69 Å². The van der Waals surface area contributed by atoms with Crippen molar-refractivity contribution < 1.29 is 28.5 Å². The van der Waals surface area contributed by atoms with Crippen LogP contribution in [0.5, 0.6) is 11.8 Å². The van der Waals surface area contributed by atoms with Gasteiger partial charge in [0, 0.05) is 6.04 Å². The molecule has 0 spiro atoms. The molecular weight excluding hydrogens is 426 g/mol. The molecule has 0 bridgehead atoms. The molecule has 0 radical (unpaired) electrons. The van der Waals surface area contributed by atoms with E-state index in [1.54, 1.807) is 0 Å². The highest BCUT2D eigenvalue weighted by atomic mass is 32.2. The van der Waals surface area contributed by atoms with E-state index in [2.05, 4.69) is 4.72 Å². The fourth-order valence-corrected chi connectivity index (χ4v) is 4.77. The van der Waals surface area contributed by atoms with E-state index in [0.717, 1.165) is 9.13 Å². The molecule has 0 unspecified atom stereocenters. The van der Waals surface area contributed by atoms with Gasteiger partial charge in [-0.2, -0.15) is 0 Å². The Hall–Kier alpha value is -3.73. The van der Waals surface area contributed by atoms with Crippen LogP contribution in [-0.4, -0.2) is 38.8 Å². The first-order valence-electron chi connectivity index (χ1n) is 9.33. The van der Waals surface area contributed by atoms with E-state index in [0.29, 0.717) is 12.8 Å². The van der Waals surface area contributed by atoms with Gasteiger partial charge in [0.25, 0.3) is 21.8 Å². The highest BCUT2D eigenvalue weighted by Crippen LogP contribution is 2.40. The zero-order valence-corrected chi connectivity index (χ0v) is 17.1. The molecule has 1 heterocycles. The molecule has 4 N–H and O–H groups in total. The van der Waals surface area contributed by atoms with Gasteiger partial charge in [-0.3, -0.25) is 9.29 Å². The molecule has 1 aliphatic carbocycles. The standard InChI is InChI=1S/C20H19N3O7S/c1-11-15(19(26)27)6-3-7-16(11)31(29,30)21-12-4-2-5-14(10-12)23-18(25)17(24)22(20(23)28)13-8-9-13/h2-7,10,13,21,24-25H,8-9H2,1H3,(H,26,27). The summed E-state index contributed by atoms with van der Waals surface area (Å²) >= 11 is 0. The van der Waals surface area contributed by atoms with Gasteiger partial charge >= 0.3 is 11.7 Å². The Bertz CT molecular complexity index is 1370. The Morgan fingerprint density at radius 2 is 1.77 bits per heavy atom. The van der Waals surface area contributed by atoms with Gasteiger partial charge in [0.2, 0.25) is 0 Å². The van der Waals surface area contributed by atoms with Gasteiger partial charge in [-0.25, -0.2) is 22.6 Å². The first kappa shape index (κ1) is 20.5. The monoisotopic (exact) mass is 445 g/mol. The molecule has 2 aromatic carbocycles. The van der Waals surface area contributed by atoms with Gasteiger partial charge < -0.3 is 15.3 Å². The molecule has 31 heavy (non-hydrogen) atoms. The lowest BCUT2D eigenvalue weighted by Gasteiger charge is -2.13. The lowest BCUT2D eigenvalue weighted by atomic mass is 10.1. The molecule has 1 aliphatic rings. The number of hydrogen-bond donors (Lipinski definition) is 4. The summed E-state index contributed by atoms with van der Waals surface area (Å²) in [5.41, 5.74) is -0.456. The van der Waals surface area contributed by atoms with Gasteiger partial charge in [0.15, 0.2) is 0 Å². The predicted octanol–water partition coefficient (Wildman–Crippen LogP) is 2.19. The SMILES string of the molecule is Cc1c(C(=O)O)cccc1S(=O)(=O)Nc1cccc(-n2c(O)c(O)n(C3CC3)c2=O)c1. The van der Waals surface area contributed by atoms with Crippen molar-refractivity contribution in [2.75, 3.05) is 4.72 Å². The smallest absolute Gasteiger partial charge is 0.338 e. The first-order valence-corrected chi connectivity index (χ1v) is 10.8. The van der Waals surface area contributed by atoms with Crippen LogP contribution in [-0.2, 0) is 10.0 Å². The summed E-state index contributed by atoms with van der Waals surface area (Å²) in [4.78, 5) is 23.8. The second-order valence-electron chi connectivity index (χ2n) is 7.26. The number of aromatic nitrogens is 2. The fraction of sp³-hybridized carbons (Fsp3) is 0.200. The van der Waals surface area contributed by atoms with Crippen LogP contribution >= 0.6 is 0 Å². The van der Waals surface area contributed by atoms with Crippen molar-refractivity contribution in [2.24, 2.45) is 0 Å². The van der Waals surface area contributed by atoms with Crippen molar-refractivity contribution in [1.29, 1.82) is 0 Å². The molecule has 10 nitrogen and oxygen atoms in total. The van der Waals surface area contributed by atoms with Crippen LogP contribution in [0, 0.1) is 6.92 Å². The van der Waals surface area contributed by atoms with Gasteiger partial charge in [-0.1, -0.05) is 12.1 Å². The lowest BCUT2D eigenvalue weighted by Crippen LogP contribution is -2.22. The Morgan fingerprint density at radius 3 is 2.42 bits per heavy atom. The van der Waals surface area contributed by atoms with Crippen LogP contribution in [0.1, 0.15) is 34.8 Å². The average Bonchev–Trinajstić information content (AvgIpc) is 3.49. The molecule has 0 saturated heterocycles. The predicted molar refractivity (Wildman–Crippen MR) is 111 cm³/mol. The van der Waals surface area contributed by atoms with E-state index in [4.69, 9.17) is 0 Å². The van der Waals surface area contributed by atoms with E-state index in [9.17, 15) is 33.3 Å². The molecule has 4 rings (SSSR count). The Labute approximate surface area is 176 Å². The minimum Gasteiger partial charge on any atom is -0.491 e. The number of nitrogens with one attached hydrogen (secondary N) is 1. The number of carboxylic acid groups (broad SMARTS) is 1. The number of imidazole rings is 1. The third kappa shape index (κ3) is 3.52. The third-order valence-corrected chi connectivity index (χ3v) is 6.64. The molecule has 162 valence electrons. The minimum atomic E-state index is -4.14. The first-order chi connectivity index (χ1) is 14.6. The molecule has 1 fully saturated rings. The van der Waals surface area contributed by atoms with Crippen molar-refractivity contribution in [3.05, 3.63) is 64.1 Å². The van der Waals surface area contributed by atoms with Crippen molar-refractivity contribution in [3.63, 3.8) is 0 Å². The zero-order valence-electron chi connectivity index (χ0n) is 16.3. The maximum absolute atomic E-state index is 12.9. The molecule has 0 aliphatic heterocycles. The molecule has 11 heteroatoms. The second kappa shape index (κ2) is 7.20. The van der Waals surface area contributed by atoms with Crippen LogP contribution in [0.3, 0.4) is 0 Å². The average molecular weight is 445 g/mol. The van der Waals surface area contributed by atoms with Crippen molar-refractivity contribution in [1.82, 2.24) is 9.13 Å². The van der Waals surface area contributed by atoms with Gasteiger partial charge in [0.05, 0.1) is 21.8 Å². The molecule has 0 atom stereocenters. The number of nitrogens with zero attached hydrogens (tertiary/aromatic N) is 2. The van der Waals surface area contributed by atoms with Gasteiger partial charge in [-0.15, -0.1) is 0 Å². The molecule has 3 aromatic rings. The zero-order chi connectivity index (χ0) is 22.5. The summed E-state index contributed by atoms with van der Waals surface area (Å²) in [6, 6.07) is 9.48. The van der Waals surface area contributed by atoms with Crippen LogP contribution < -0.4 is 10.4 Å². The fourth-order valence-electron chi connectivity index (χ4n) is 3.45. The summed E-state index contributed by atoms with van der Waals surface area (Å²) < 4.78 is 30.1. The molecular formula is C20H19N3O7S. The normalized spacial score (nSPS) is 13.8. The Kier molecular flexibility index (Phi) is 4.77. The number of rotatable bonds is 6. The van der Waals surface area contributed by atoms with Crippen LogP contribution in [0.15, 0.2) is 52.2 Å². The summed E-state index contributed by atoms with van der Waals surface area (Å²) in [6.45, 7) is 1.40. The van der Waals surface area contributed by atoms with Gasteiger partial charge in [0.1, 0.15) is 0 Å². The second-order valence-corrected chi connectivity index (χ2v) is 8.91. The molecule has 1 saturated carbocycles. The number of carbonyl (C=O) groups is 1. The minimum absolute atomic E-state index is 0.0824. The van der Waals surface area contributed by atoms with Crippen molar-refractivity contribution in [2.45, 2.75) is 30.7 Å². The van der Waals surface area contributed by atoms with E-state index in [-0.39, 0.29) is 33.4 Å². The number of carboxylic acids is 1. The van der Waals surface area contributed by atoms with E-state index in [1.807, 2.05) is 0 Å². The highest BCUT2D eigenvalue weighted by Gasteiger charge is 2.32. The third-order valence-electron chi connectivity index (χ3n) is 5.11. The number of anilines is 1. The molecule has 0 amide bonds. The Balaban J connectivity index is 1.73. The topological polar surface area (TPSA) is 151 Å². The number of aromatic hydroxyl groups is 2. The number of sulfonamides is 1. The summed E-state index contributed by atoms with van der Waals surface area (Å²) in [5, 5.41) is 29.6. The van der Waals surface area contributed by atoms with E-state index < -0.39 is 33.4 Å². The van der Waals surface area contributed by atoms with Crippen LogP contribution in [0.2, 0.25) is 0 Å². The van der Waals surface area contributed by atoms with E-state index in [1.165, 1.54) is 49.4 Å². The maximum Gasteiger partial charge on any atom is 0.338 e. The van der Waals surface area contributed by atoms with Crippen molar-refractivity contribution >= 4 is 21.7 Å². The largest absolute Gasteiger partial charge is 0.491 e. The van der Waals surface area contributed by atoms with Crippen molar-refractivity contribution in [3.8, 4) is 17.4 Å². The summed E-state index contributed by atoms with van der Waals surface area (Å²) in [5.74, 6) is -2.42. The summed E-state index contributed by atoms with van der Waals surface area (Å²) in [7, 11) is -4.14. The number of aromatic carboxylic acids is 1. The Morgan fingerprint density at radius 1 is 1.10 bits per heavy atom. The number of benzene rings is 2. The summed E-state index contributed by atoms with van der Waals surface area (Å²) in [6.07, 6.45) is 1.43. The highest BCUT2D eigenvalue weighted by molar-refractivity contribution is 7.92. The molecule has 1 aromatic heterocycles. The van der Waals surface area contributed by atoms with Gasteiger partial charge in [-0.05, 0) is 55.7 Å².